The van der Waals surface area contributed by atoms with Crippen molar-refractivity contribution in [2.24, 2.45) is 0 Å². The highest BCUT2D eigenvalue weighted by Gasteiger charge is 2.30. The Balaban J connectivity index is 1.42. The van der Waals surface area contributed by atoms with Crippen LogP contribution in [0, 0.1) is 11.3 Å². The first-order valence-corrected chi connectivity index (χ1v) is 12.4. The maximum atomic E-state index is 12.6. The molecule has 2 N–H and O–H groups in total. The van der Waals surface area contributed by atoms with E-state index in [4.69, 9.17) is 14.2 Å². The summed E-state index contributed by atoms with van der Waals surface area (Å²) >= 11 is 1.11. The van der Waals surface area contributed by atoms with E-state index >= 15 is 0 Å². The number of nitrogens with zero attached hydrogens (tertiary/aromatic N) is 1. The first-order valence-electron chi connectivity index (χ1n) is 11.4. The highest BCUT2D eigenvalue weighted by atomic mass is 32.2. The van der Waals surface area contributed by atoms with Gasteiger partial charge in [0, 0.05) is 18.0 Å². The summed E-state index contributed by atoms with van der Waals surface area (Å²) in [6.45, 7) is 0. The predicted octanol–water partition coefficient (Wildman–Crippen LogP) is 5.21. The predicted molar refractivity (Wildman–Crippen MR) is 142 cm³/mol. The van der Waals surface area contributed by atoms with E-state index in [0.717, 1.165) is 23.1 Å². The van der Waals surface area contributed by atoms with Crippen molar-refractivity contribution < 1.29 is 23.8 Å². The molecule has 0 fully saturated rings. The van der Waals surface area contributed by atoms with Crippen molar-refractivity contribution in [3.8, 4) is 29.1 Å². The zero-order valence-corrected chi connectivity index (χ0v) is 21.1. The third kappa shape index (κ3) is 6.42. The van der Waals surface area contributed by atoms with Crippen LogP contribution in [0.25, 0.3) is 0 Å². The molecule has 0 aromatic heterocycles. The number of nitriles is 1. The quantitative estimate of drug-likeness (QED) is 0.403. The molecule has 4 rings (SSSR count). The monoisotopic (exact) mass is 515 g/mol. The fourth-order valence-electron chi connectivity index (χ4n) is 3.85. The molecule has 188 valence electrons. The van der Waals surface area contributed by atoms with Gasteiger partial charge in [0.2, 0.25) is 11.8 Å². The number of carbonyl (C=O) groups is 2. The van der Waals surface area contributed by atoms with Crippen LogP contribution in [0.1, 0.15) is 17.9 Å². The molecule has 0 saturated heterocycles. The van der Waals surface area contributed by atoms with E-state index in [2.05, 4.69) is 16.7 Å². The molecular formula is C28H25N3O5S. The molecule has 1 heterocycles. The Morgan fingerprint density at radius 2 is 1.73 bits per heavy atom. The van der Waals surface area contributed by atoms with Crippen LogP contribution in [0.4, 0.5) is 5.69 Å². The average Bonchev–Trinajstić information content (AvgIpc) is 2.92. The van der Waals surface area contributed by atoms with Gasteiger partial charge in [0.15, 0.2) is 11.5 Å². The number of allylic oxidation sites excluding steroid dienone is 1. The molecule has 0 bridgehead atoms. The number of anilines is 1. The van der Waals surface area contributed by atoms with Gasteiger partial charge in [0.1, 0.15) is 11.5 Å². The summed E-state index contributed by atoms with van der Waals surface area (Å²) < 4.78 is 16.4. The maximum Gasteiger partial charge on any atom is 0.234 e. The van der Waals surface area contributed by atoms with Gasteiger partial charge >= 0.3 is 0 Å². The minimum atomic E-state index is -0.457. The van der Waals surface area contributed by atoms with Gasteiger partial charge in [-0.2, -0.15) is 5.26 Å². The van der Waals surface area contributed by atoms with Gasteiger partial charge in [0.25, 0.3) is 0 Å². The van der Waals surface area contributed by atoms with E-state index < -0.39 is 5.92 Å². The number of benzene rings is 3. The normalized spacial score (nSPS) is 14.8. The topological polar surface area (TPSA) is 110 Å². The van der Waals surface area contributed by atoms with Crippen LogP contribution >= 0.6 is 11.8 Å². The number of methoxy groups -OCH3 is 2. The smallest absolute Gasteiger partial charge is 0.234 e. The second-order valence-corrected chi connectivity index (χ2v) is 9.04. The first-order chi connectivity index (χ1) is 18.0. The molecule has 0 saturated carbocycles. The summed E-state index contributed by atoms with van der Waals surface area (Å²) in [4.78, 5) is 25.1. The number of nitrogens with one attached hydrogen (secondary N) is 2. The standard InChI is InChI=1S/C28H25N3O5S/c1-34-24-13-8-18(14-25(24)35-2)22-15-26(32)31-28(23(22)16-29)37-17-27(33)30-19-9-11-21(12-10-19)36-20-6-4-3-5-7-20/h3-14,22H,15,17H2,1-2H3,(H,30,33)(H,31,32). The van der Waals surface area contributed by atoms with E-state index in [0.29, 0.717) is 33.5 Å². The van der Waals surface area contributed by atoms with Crippen LogP contribution in [-0.2, 0) is 9.59 Å². The molecule has 1 aliphatic heterocycles. The second kappa shape index (κ2) is 12.0. The van der Waals surface area contributed by atoms with Crippen LogP contribution < -0.4 is 24.8 Å². The lowest BCUT2D eigenvalue weighted by Gasteiger charge is -2.25. The Bertz CT molecular complexity index is 1350. The van der Waals surface area contributed by atoms with Gasteiger partial charge in [-0.25, -0.2) is 0 Å². The van der Waals surface area contributed by atoms with E-state index in [-0.39, 0.29) is 24.0 Å². The van der Waals surface area contributed by atoms with E-state index in [1.807, 2.05) is 36.4 Å². The van der Waals surface area contributed by atoms with Gasteiger partial charge < -0.3 is 24.8 Å². The van der Waals surface area contributed by atoms with Crippen LogP contribution in [0.15, 0.2) is 83.4 Å². The molecular weight excluding hydrogens is 490 g/mol. The van der Waals surface area contributed by atoms with Crippen molar-refractivity contribution >= 4 is 29.3 Å². The molecule has 8 nitrogen and oxygen atoms in total. The molecule has 0 spiro atoms. The summed E-state index contributed by atoms with van der Waals surface area (Å²) in [7, 11) is 3.07. The summed E-state index contributed by atoms with van der Waals surface area (Å²) in [5.74, 6) is 1.50. The molecule has 1 atom stereocenters. The molecule has 3 aromatic rings. The summed E-state index contributed by atoms with van der Waals surface area (Å²) in [6, 6.07) is 24.0. The SMILES string of the molecule is COc1ccc(C2CC(=O)NC(SCC(=O)Nc3ccc(Oc4ccccc4)cc3)=C2C#N)cc1OC. The fraction of sp³-hybridized carbons (Fsp3) is 0.179. The van der Waals surface area contributed by atoms with Gasteiger partial charge in [-0.05, 0) is 54.1 Å². The van der Waals surface area contributed by atoms with Crippen LogP contribution in [-0.4, -0.2) is 31.8 Å². The minimum absolute atomic E-state index is 0.0156. The van der Waals surface area contributed by atoms with Gasteiger partial charge in [-0.3, -0.25) is 9.59 Å². The third-order valence-electron chi connectivity index (χ3n) is 5.63. The zero-order valence-electron chi connectivity index (χ0n) is 20.3. The number of hydrogen-bond acceptors (Lipinski definition) is 7. The highest BCUT2D eigenvalue weighted by molar-refractivity contribution is 8.03. The number of para-hydroxylation sites is 1. The lowest BCUT2D eigenvalue weighted by molar-refractivity contribution is -0.121. The van der Waals surface area contributed by atoms with Crippen molar-refractivity contribution in [3.05, 3.63) is 89.0 Å². The number of ether oxygens (including phenoxy) is 3. The molecule has 9 heteroatoms. The molecule has 0 aliphatic carbocycles. The van der Waals surface area contributed by atoms with E-state index in [1.54, 1.807) is 43.5 Å². The largest absolute Gasteiger partial charge is 0.493 e. The van der Waals surface area contributed by atoms with Crippen molar-refractivity contribution in [1.29, 1.82) is 5.26 Å². The molecule has 37 heavy (non-hydrogen) atoms. The Morgan fingerprint density at radius 3 is 2.41 bits per heavy atom. The lowest BCUT2D eigenvalue weighted by atomic mass is 9.87. The van der Waals surface area contributed by atoms with Gasteiger partial charge in [-0.15, -0.1) is 0 Å². The number of hydrogen-bond donors (Lipinski definition) is 2. The fourth-order valence-corrected chi connectivity index (χ4v) is 4.73. The first kappa shape index (κ1) is 25.7. The summed E-state index contributed by atoms with van der Waals surface area (Å²) in [6.07, 6.45) is 0.117. The van der Waals surface area contributed by atoms with Crippen LogP contribution in [0.3, 0.4) is 0 Å². The van der Waals surface area contributed by atoms with Crippen molar-refractivity contribution in [2.75, 3.05) is 25.3 Å². The molecule has 0 radical (unpaired) electrons. The van der Waals surface area contributed by atoms with Crippen molar-refractivity contribution in [3.63, 3.8) is 0 Å². The van der Waals surface area contributed by atoms with Gasteiger partial charge in [0.05, 0.1) is 36.6 Å². The Hall–Kier alpha value is -4.42. The Labute approximate surface area is 219 Å². The number of thioether (sulfide) groups is 1. The summed E-state index contributed by atoms with van der Waals surface area (Å²) in [5, 5.41) is 15.8. The maximum absolute atomic E-state index is 12.6. The Kier molecular flexibility index (Phi) is 8.33. The van der Waals surface area contributed by atoms with Crippen molar-refractivity contribution in [2.45, 2.75) is 12.3 Å². The lowest BCUT2D eigenvalue weighted by Crippen LogP contribution is -2.31. The summed E-state index contributed by atoms with van der Waals surface area (Å²) in [5.41, 5.74) is 1.76. The second-order valence-electron chi connectivity index (χ2n) is 8.05. The number of rotatable bonds is 9. The molecule has 3 aromatic carbocycles. The highest BCUT2D eigenvalue weighted by Crippen LogP contribution is 2.39. The minimum Gasteiger partial charge on any atom is -0.493 e. The van der Waals surface area contributed by atoms with Gasteiger partial charge in [-0.1, -0.05) is 36.0 Å². The molecule has 2 amide bonds. The zero-order chi connectivity index (χ0) is 26.2. The van der Waals surface area contributed by atoms with Crippen LogP contribution in [0.5, 0.6) is 23.0 Å². The molecule has 1 unspecified atom stereocenters. The van der Waals surface area contributed by atoms with E-state index in [9.17, 15) is 14.9 Å². The van der Waals surface area contributed by atoms with Crippen molar-refractivity contribution in [1.82, 2.24) is 5.32 Å². The van der Waals surface area contributed by atoms with E-state index in [1.165, 1.54) is 7.11 Å². The third-order valence-corrected chi connectivity index (χ3v) is 6.65. The number of carbonyl (C=O) groups excluding carboxylic acids is 2. The number of amides is 2. The molecule has 1 aliphatic rings. The Morgan fingerprint density at radius 1 is 1.03 bits per heavy atom. The van der Waals surface area contributed by atoms with Crippen LogP contribution in [0.2, 0.25) is 0 Å². The average molecular weight is 516 g/mol.